The van der Waals surface area contributed by atoms with E-state index in [-0.39, 0.29) is 23.7 Å². The van der Waals surface area contributed by atoms with Gasteiger partial charge in [-0.1, -0.05) is 34.5 Å². The van der Waals surface area contributed by atoms with Crippen LogP contribution >= 0.6 is 23.4 Å². The van der Waals surface area contributed by atoms with Crippen LogP contribution in [0.2, 0.25) is 5.02 Å². The standard InChI is InChI=1S/C22H24ClN3O2S/c1-14(2)26(22(27)16(4)29-19-11-5-15(3)6-12-19)13-20-24-21(25-28-20)17-7-9-18(23)10-8-17/h5-12,14,16H,13H2,1-4H3. The first-order valence-corrected chi connectivity index (χ1v) is 10.7. The van der Waals surface area contributed by atoms with Crippen LogP contribution in [0.5, 0.6) is 0 Å². The van der Waals surface area contributed by atoms with Gasteiger partial charge in [-0.2, -0.15) is 4.98 Å². The van der Waals surface area contributed by atoms with Crippen molar-refractivity contribution in [1.29, 1.82) is 0 Å². The molecule has 0 radical (unpaired) electrons. The molecular formula is C22H24ClN3O2S. The van der Waals surface area contributed by atoms with E-state index in [9.17, 15) is 4.79 Å². The van der Waals surface area contributed by atoms with Crippen molar-refractivity contribution >= 4 is 29.3 Å². The maximum Gasteiger partial charge on any atom is 0.246 e. The van der Waals surface area contributed by atoms with Gasteiger partial charge >= 0.3 is 0 Å². The molecule has 7 heteroatoms. The van der Waals surface area contributed by atoms with E-state index in [1.165, 1.54) is 5.56 Å². The van der Waals surface area contributed by atoms with E-state index >= 15 is 0 Å². The lowest BCUT2D eigenvalue weighted by molar-refractivity contribution is -0.133. The van der Waals surface area contributed by atoms with Gasteiger partial charge in [0.05, 0.1) is 5.25 Å². The van der Waals surface area contributed by atoms with Crippen LogP contribution < -0.4 is 0 Å². The Labute approximate surface area is 180 Å². The van der Waals surface area contributed by atoms with Crippen molar-refractivity contribution in [2.75, 3.05) is 0 Å². The number of hydrogen-bond donors (Lipinski definition) is 0. The predicted octanol–water partition coefficient (Wildman–Crippen LogP) is 5.62. The number of rotatable bonds is 7. The van der Waals surface area contributed by atoms with Crippen molar-refractivity contribution < 1.29 is 9.32 Å². The molecule has 0 aliphatic carbocycles. The number of amides is 1. The zero-order chi connectivity index (χ0) is 21.0. The molecule has 1 atom stereocenters. The average Bonchev–Trinajstić information content (AvgIpc) is 3.16. The summed E-state index contributed by atoms with van der Waals surface area (Å²) in [4.78, 5) is 20.4. The lowest BCUT2D eigenvalue weighted by Gasteiger charge is -2.27. The third-order valence-corrected chi connectivity index (χ3v) is 5.82. The van der Waals surface area contributed by atoms with Crippen LogP contribution in [0.15, 0.2) is 57.9 Å². The highest BCUT2D eigenvalue weighted by Gasteiger charge is 2.26. The lowest BCUT2D eigenvalue weighted by atomic mass is 10.2. The summed E-state index contributed by atoms with van der Waals surface area (Å²) in [6.07, 6.45) is 0. The first-order valence-electron chi connectivity index (χ1n) is 9.46. The van der Waals surface area contributed by atoms with Crippen LogP contribution in [0.3, 0.4) is 0 Å². The van der Waals surface area contributed by atoms with E-state index in [1.54, 1.807) is 28.8 Å². The molecule has 0 fully saturated rings. The molecule has 1 aromatic heterocycles. The molecule has 1 heterocycles. The largest absolute Gasteiger partial charge is 0.337 e. The SMILES string of the molecule is Cc1ccc(SC(C)C(=O)N(Cc2nc(-c3ccc(Cl)cc3)no2)C(C)C)cc1. The molecule has 0 aliphatic heterocycles. The van der Waals surface area contributed by atoms with Crippen LogP contribution in [0, 0.1) is 6.92 Å². The van der Waals surface area contributed by atoms with Crippen molar-refractivity contribution in [3.05, 3.63) is 65.0 Å². The number of carbonyl (C=O) groups is 1. The van der Waals surface area contributed by atoms with E-state index in [4.69, 9.17) is 16.1 Å². The lowest BCUT2D eigenvalue weighted by Crippen LogP contribution is -2.40. The number of nitrogens with zero attached hydrogens (tertiary/aromatic N) is 3. The third kappa shape index (κ3) is 5.61. The van der Waals surface area contributed by atoms with Crippen molar-refractivity contribution in [2.45, 2.75) is 50.4 Å². The van der Waals surface area contributed by atoms with Gasteiger partial charge in [-0.25, -0.2) is 0 Å². The summed E-state index contributed by atoms with van der Waals surface area (Å²) in [6.45, 7) is 8.21. The molecule has 1 unspecified atom stereocenters. The van der Waals surface area contributed by atoms with Gasteiger partial charge in [0.15, 0.2) is 0 Å². The van der Waals surface area contributed by atoms with Crippen molar-refractivity contribution in [3.63, 3.8) is 0 Å². The summed E-state index contributed by atoms with van der Waals surface area (Å²) in [7, 11) is 0. The molecule has 0 spiro atoms. The molecule has 2 aromatic carbocycles. The molecular weight excluding hydrogens is 406 g/mol. The van der Waals surface area contributed by atoms with E-state index in [2.05, 4.69) is 22.3 Å². The molecule has 3 rings (SSSR count). The van der Waals surface area contributed by atoms with Crippen LogP contribution in [0.25, 0.3) is 11.4 Å². The number of halogens is 1. The fourth-order valence-electron chi connectivity index (χ4n) is 2.80. The Balaban J connectivity index is 1.70. The van der Waals surface area contributed by atoms with E-state index < -0.39 is 0 Å². The van der Waals surface area contributed by atoms with Crippen LogP contribution in [-0.2, 0) is 11.3 Å². The molecule has 5 nitrogen and oxygen atoms in total. The molecule has 152 valence electrons. The minimum absolute atomic E-state index is 0.00875. The molecule has 29 heavy (non-hydrogen) atoms. The molecule has 3 aromatic rings. The van der Waals surface area contributed by atoms with Gasteiger partial charge in [0.1, 0.15) is 6.54 Å². The first kappa shape index (κ1) is 21.4. The number of thioether (sulfide) groups is 1. The van der Waals surface area contributed by atoms with E-state index in [0.717, 1.165) is 10.5 Å². The number of carbonyl (C=O) groups excluding carboxylic acids is 1. The molecule has 1 amide bonds. The molecule has 0 saturated heterocycles. The third-order valence-electron chi connectivity index (χ3n) is 4.46. The quantitative estimate of drug-likeness (QED) is 0.456. The van der Waals surface area contributed by atoms with Gasteiger partial charge < -0.3 is 9.42 Å². The fraction of sp³-hybridized carbons (Fsp3) is 0.318. The Hall–Kier alpha value is -2.31. The van der Waals surface area contributed by atoms with Gasteiger partial charge in [-0.3, -0.25) is 4.79 Å². The summed E-state index contributed by atoms with van der Waals surface area (Å²) in [5.41, 5.74) is 2.01. The summed E-state index contributed by atoms with van der Waals surface area (Å²) >= 11 is 7.48. The maximum atomic E-state index is 13.1. The molecule has 0 N–H and O–H groups in total. The van der Waals surface area contributed by atoms with Gasteiger partial charge in [-0.15, -0.1) is 11.8 Å². The first-order chi connectivity index (χ1) is 13.8. The normalized spacial score (nSPS) is 12.2. The Morgan fingerprint density at radius 2 is 1.76 bits per heavy atom. The summed E-state index contributed by atoms with van der Waals surface area (Å²) in [5.74, 6) is 0.927. The molecule has 0 saturated carbocycles. The second-order valence-corrected chi connectivity index (χ2v) is 9.00. The summed E-state index contributed by atoms with van der Waals surface area (Å²) in [6, 6.07) is 15.4. The Kier molecular flexibility index (Phi) is 6.98. The fourth-order valence-corrected chi connectivity index (χ4v) is 3.86. The smallest absolute Gasteiger partial charge is 0.246 e. The van der Waals surface area contributed by atoms with Gasteiger partial charge in [-0.05, 0) is 64.1 Å². The number of aromatic nitrogens is 2. The second kappa shape index (κ2) is 9.46. The summed E-state index contributed by atoms with van der Waals surface area (Å²) < 4.78 is 5.40. The van der Waals surface area contributed by atoms with Crippen LogP contribution in [-0.4, -0.2) is 32.2 Å². The maximum absolute atomic E-state index is 13.1. The Bertz CT molecular complexity index is 955. The van der Waals surface area contributed by atoms with E-state index in [0.29, 0.717) is 16.7 Å². The van der Waals surface area contributed by atoms with Gasteiger partial charge in [0, 0.05) is 21.5 Å². The number of hydrogen-bond acceptors (Lipinski definition) is 5. The zero-order valence-corrected chi connectivity index (χ0v) is 18.5. The van der Waals surface area contributed by atoms with Crippen LogP contribution in [0.4, 0.5) is 0 Å². The Morgan fingerprint density at radius 1 is 1.10 bits per heavy atom. The second-order valence-electron chi connectivity index (χ2n) is 7.15. The molecule has 0 bridgehead atoms. The minimum Gasteiger partial charge on any atom is -0.337 e. The topological polar surface area (TPSA) is 59.2 Å². The van der Waals surface area contributed by atoms with Gasteiger partial charge in [0.25, 0.3) is 0 Å². The Morgan fingerprint density at radius 3 is 2.38 bits per heavy atom. The van der Waals surface area contributed by atoms with Crippen molar-refractivity contribution in [2.24, 2.45) is 0 Å². The zero-order valence-electron chi connectivity index (χ0n) is 16.9. The number of benzene rings is 2. The van der Waals surface area contributed by atoms with Crippen molar-refractivity contribution in [3.8, 4) is 11.4 Å². The van der Waals surface area contributed by atoms with E-state index in [1.807, 2.05) is 52.0 Å². The highest BCUT2D eigenvalue weighted by atomic mass is 35.5. The highest BCUT2D eigenvalue weighted by Crippen LogP contribution is 2.26. The highest BCUT2D eigenvalue weighted by molar-refractivity contribution is 8.00. The average molecular weight is 430 g/mol. The van der Waals surface area contributed by atoms with Crippen LogP contribution in [0.1, 0.15) is 32.2 Å². The van der Waals surface area contributed by atoms with Gasteiger partial charge in [0.2, 0.25) is 17.6 Å². The minimum atomic E-state index is -0.223. The van der Waals surface area contributed by atoms with Crippen molar-refractivity contribution in [1.82, 2.24) is 15.0 Å². The molecule has 0 aliphatic rings. The summed E-state index contributed by atoms with van der Waals surface area (Å²) in [5, 5.41) is 4.46. The number of aryl methyl sites for hydroxylation is 1. The predicted molar refractivity (Wildman–Crippen MR) is 117 cm³/mol. The monoisotopic (exact) mass is 429 g/mol.